The van der Waals surface area contributed by atoms with E-state index in [0.717, 1.165) is 6.08 Å². The first kappa shape index (κ1) is 10.9. The van der Waals surface area contributed by atoms with Gasteiger partial charge in [-0.05, 0) is 12.1 Å². The zero-order chi connectivity index (χ0) is 12.4. The van der Waals surface area contributed by atoms with E-state index in [1.54, 1.807) is 24.3 Å². The zero-order valence-electron chi connectivity index (χ0n) is 8.45. The van der Waals surface area contributed by atoms with Gasteiger partial charge in [-0.2, -0.15) is 0 Å². The van der Waals surface area contributed by atoms with E-state index >= 15 is 0 Å². The molecular formula is C11H7NO5. The van der Waals surface area contributed by atoms with Gasteiger partial charge in [0.1, 0.15) is 5.52 Å². The van der Waals surface area contributed by atoms with Gasteiger partial charge in [0.15, 0.2) is 11.3 Å². The number of aliphatic carboxylic acids is 1. The molecule has 0 aliphatic carbocycles. The molecule has 86 valence electrons. The average molecular weight is 233 g/mol. The highest BCUT2D eigenvalue weighted by atomic mass is 16.4. The summed E-state index contributed by atoms with van der Waals surface area (Å²) in [6, 6.07) is 6.54. The van der Waals surface area contributed by atoms with Gasteiger partial charge in [-0.15, -0.1) is 0 Å². The van der Waals surface area contributed by atoms with E-state index < -0.39 is 17.4 Å². The summed E-state index contributed by atoms with van der Waals surface area (Å²) in [5.74, 6) is -2.51. The SMILES string of the molecule is O=C(O)/C(O)=C/c1nc2ccccc2oc1=O. The number of benzene rings is 1. The summed E-state index contributed by atoms with van der Waals surface area (Å²) in [7, 11) is 0. The minimum atomic E-state index is -1.54. The molecule has 17 heavy (non-hydrogen) atoms. The Morgan fingerprint density at radius 2 is 2.00 bits per heavy atom. The molecule has 0 unspecified atom stereocenters. The van der Waals surface area contributed by atoms with Crippen molar-refractivity contribution in [1.29, 1.82) is 0 Å². The molecule has 2 N–H and O–H groups in total. The first-order chi connectivity index (χ1) is 8.08. The molecule has 0 saturated carbocycles. The number of hydrogen-bond acceptors (Lipinski definition) is 5. The molecule has 0 spiro atoms. The molecule has 2 rings (SSSR count). The number of fused-ring (bicyclic) bond motifs is 1. The molecule has 0 fully saturated rings. The van der Waals surface area contributed by atoms with Gasteiger partial charge in [-0.25, -0.2) is 14.6 Å². The van der Waals surface area contributed by atoms with Gasteiger partial charge >= 0.3 is 11.6 Å². The number of carboxylic acid groups (broad SMARTS) is 1. The molecule has 0 radical (unpaired) electrons. The van der Waals surface area contributed by atoms with Crippen LogP contribution in [0.15, 0.2) is 39.2 Å². The molecule has 0 amide bonds. The van der Waals surface area contributed by atoms with E-state index in [1.165, 1.54) is 0 Å². The molecule has 6 heteroatoms. The van der Waals surface area contributed by atoms with Crippen LogP contribution >= 0.6 is 0 Å². The van der Waals surface area contributed by atoms with Crippen molar-refractivity contribution < 1.29 is 19.4 Å². The number of carbonyl (C=O) groups is 1. The van der Waals surface area contributed by atoms with Gasteiger partial charge in [0, 0.05) is 6.08 Å². The second-order valence-electron chi connectivity index (χ2n) is 3.19. The topological polar surface area (TPSA) is 101 Å². The summed E-state index contributed by atoms with van der Waals surface area (Å²) in [6.45, 7) is 0. The maximum atomic E-state index is 11.4. The number of nitrogens with zero attached hydrogens (tertiary/aromatic N) is 1. The van der Waals surface area contributed by atoms with E-state index in [9.17, 15) is 9.59 Å². The standard InChI is InChI=1S/C11H7NO5/c13-8(10(14)15)5-7-11(16)17-9-4-2-1-3-6(9)12-7/h1-5,13H,(H,14,15)/b8-5-. The normalized spacial score (nSPS) is 11.6. The number of hydrogen-bond donors (Lipinski definition) is 2. The Balaban J connectivity index is 2.63. The fourth-order valence-corrected chi connectivity index (χ4v) is 1.25. The smallest absolute Gasteiger partial charge is 0.371 e. The Bertz CT molecular complexity index is 671. The van der Waals surface area contributed by atoms with Crippen LogP contribution < -0.4 is 5.63 Å². The van der Waals surface area contributed by atoms with E-state index in [1.807, 2.05) is 0 Å². The Morgan fingerprint density at radius 3 is 2.71 bits per heavy atom. The van der Waals surface area contributed by atoms with Crippen molar-refractivity contribution in [3.63, 3.8) is 0 Å². The molecular weight excluding hydrogens is 226 g/mol. The lowest BCUT2D eigenvalue weighted by atomic mass is 10.3. The third-order valence-electron chi connectivity index (χ3n) is 2.01. The van der Waals surface area contributed by atoms with Crippen molar-refractivity contribution in [2.24, 2.45) is 0 Å². The maximum Gasteiger partial charge on any atom is 0.371 e. The number of aromatic nitrogens is 1. The van der Waals surface area contributed by atoms with Crippen molar-refractivity contribution in [3.8, 4) is 0 Å². The lowest BCUT2D eigenvalue weighted by molar-refractivity contribution is -0.135. The number of aliphatic hydroxyl groups excluding tert-OH is 1. The highest BCUT2D eigenvalue weighted by molar-refractivity contribution is 5.89. The van der Waals surface area contributed by atoms with Crippen molar-refractivity contribution in [2.75, 3.05) is 0 Å². The van der Waals surface area contributed by atoms with E-state index in [0.29, 0.717) is 11.1 Å². The molecule has 2 aromatic rings. The van der Waals surface area contributed by atoms with Gasteiger partial charge < -0.3 is 14.6 Å². The monoisotopic (exact) mass is 233 g/mol. The van der Waals surface area contributed by atoms with Crippen molar-refractivity contribution in [1.82, 2.24) is 4.98 Å². The molecule has 6 nitrogen and oxygen atoms in total. The number of carboxylic acids is 1. The van der Waals surface area contributed by atoms with Gasteiger partial charge in [0.05, 0.1) is 0 Å². The fourth-order valence-electron chi connectivity index (χ4n) is 1.25. The summed E-state index contributed by atoms with van der Waals surface area (Å²) in [6.07, 6.45) is 0.751. The van der Waals surface area contributed by atoms with Crippen LogP contribution in [0.25, 0.3) is 17.2 Å². The minimum absolute atomic E-state index is 0.261. The van der Waals surface area contributed by atoms with Gasteiger partial charge in [0.25, 0.3) is 0 Å². The van der Waals surface area contributed by atoms with Crippen molar-refractivity contribution >= 4 is 23.1 Å². The molecule has 0 aliphatic rings. The van der Waals surface area contributed by atoms with Crippen LogP contribution in [-0.4, -0.2) is 21.2 Å². The van der Waals surface area contributed by atoms with Crippen molar-refractivity contribution in [3.05, 3.63) is 46.1 Å². The van der Waals surface area contributed by atoms with Gasteiger partial charge in [0.2, 0.25) is 5.76 Å². The predicted molar refractivity (Wildman–Crippen MR) is 58.5 cm³/mol. The molecule has 1 aromatic carbocycles. The first-order valence-electron chi connectivity index (χ1n) is 4.62. The van der Waals surface area contributed by atoms with Gasteiger partial charge in [-0.3, -0.25) is 0 Å². The van der Waals surface area contributed by atoms with Crippen LogP contribution in [0.3, 0.4) is 0 Å². The third-order valence-corrected chi connectivity index (χ3v) is 2.01. The summed E-state index contributed by atoms with van der Waals surface area (Å²) >= 11 is 0. The second-order valence-corrected chi connectivity index (χ2v) is 3.19. The molecule has 0 saturated heterocycles. The van der Waals surface area contributed by atoms with Crippen LogP contribution in [0.4, 0.5) is 0 Å². The zero-order valence-corrected chi connectivity index (χ0v) is 8.45. The summed E-state index contributed by atoms with van der Waals surface area (Å²) < 4.78 is 4.91. The minimum Gasteiger partial charge on any atom is -0.502 e. The van der Waals surface area contributed by atoms with Crippen molar-refractivity contribution in [2.45, 2.75) is 0 Å². The average Bonchev–Trinajstić information content (AvgIpc) is 2.29. The summed E-state index contributed by atoms with van der Waals surface area (Å²) in [5.41, 5.74) is -0.374. The molecule has 1 heterocycles. The third kappa shape index (κ3) is 2.15. The number of rotatable bonds is 2. The Kier molecular flexibility index (Phi) is 2.61. The predicted octanol–water partition coefficient (Wildman–Crippen LogP) is 1.17. The Hall–Kier alpha value is -2.63. The highest BCUT2D eigenvalue weighted by Gasteiger charge is 2.09. The lowest BCUT2D eigenvalue weighted by Crippen LogP contribution is -2.08. The van der Waals surface area contributed by atoms with E-state index in [-0.39, 0.29) is 5.69 Å². The Morgan fingerprint density at radius 1 is 1.29 bits per heavy atom. The van der Waals surface area contributed by atoms with Crippen LogP contribution in [0.2, 0.25) is 0 Å². The van der Waals surface area contributed by atoms with Crippen LogP contribution in [0, 0.1) is 0 Å². The van der Waals surface area contributed by atoms with E-state index in [2.05, 4.69) is 4.98 Å². The first-order valence-corrected chi connectivity index (χ1v) is 4.62. The van der Waals surface area contributed by atoms with Gasteiger partial charge in [-0.1, -0.05) is 12.1 Å². The Labute approximate surface area is 94.5 Å². The largest absolute Gasteiger partial charge is 0.502 e. The van der Waals surface area contributed by atoms with Crippen LogP contribution in [-0.2, 0) is 4.79 Å². The molecule has 1 aromatic heterocycles. The number of aliphatic hydroxyl groups is 1. The second kappa shape index (κ2) is 4.09. The van der Waals surface area contributed by atoms with Crippen LogP contribution in [0.5, 0.6) is 0 Å². The maximum absolute atomic E-state index is 11.4. The summed E-state index contributed by atoms with van der Waals surface area (Å²) in [5, 5.41) is 17.5. The lowest BCUT2D eigenvalue weighted by Gasteiger charge is -1.97. The molecule has 0 bridgehead atoms. The number of para-hydroxylation sites is 2. The molecule has 0 atom stereocenters. The quantitative estimate of drug-likeness (QED) is 0.596. The molecule has 0 aliphatic heterocycles. The fraction of sp³-hybridized carbons (Fsp3) is 0. The van der Waals surface area contributed by atoms with E-state index in [4.69, 9.17) is 14.6 Å². The highest BCUT2D eigenvalue weighted by Crippen LogP contribution is 2.09. The van der Waals surface area contributed by atoms with Crippen LogP contribution in [0.1, 0.15) is 5.69 Å². The summed E-state index contributed by atoms with van der Waals surface area (Å²) in [4.78, 5) is 25.7.